The van der Waals surface area contributed by atoms with Gasteiger partial charge in [-0.15, -0.1) is 11.3 Å². The quantitative estimate of drug-likeness (QED) is 0.697. The molecule has 0 saturated heterocycles. The van der Waals surface area contributed by atoms with Crippen molar-refractivity contribution in [2.45, 2.75) is 19.9 Å². The van der Waals surface area contributed by atoms with E-state index in [4.69, 9.17) is 4.74 Å². The van der Waals surface area contributed by atoms with Crippen LogP contribution < -0.4 is 10.1 Å². The number of amides is 1. The molecule has 5 heteroatoms. The maximum atomic E-state index is 12.3. The van der Waals surface area contributed by atoms with E-state index in [1.807, 2.05) is 42.6 Å². The van der Waals surface area contributed by atoms with Gasteiger partial charge in [-0.1, -0.05) is 36.4 Å². The first-order valence-electron chi connectivity index (χ1n) is 8.23. The van der Waals surface area contributed by atoms with Crippen molar-refractivity contribution in [1.82, 2.24) is 10.3 Å². The minimum absolute atomic E-state index is 0.126. The summed E-state index contributed by atoms with van der Waals surface area (Å²) in [5, 5.41) is 5.96. The van der Waals surface area contributed by atoms with E-state index in [1.165, 1.54) is 5.56 Å². The van der Waals surface area contributed by atoms with E-state index in [1.54, 1.807) is 23.5 Å². The lowest BCUT2D eigenvalue weighted by Crippen LogP contribution is -2.23. The summed E-state index contributed by atoms with van der Waals surface area (Å²) in [6, 6.07) is 17.4. The summed E-state index contributed by atoms with van der Waals surface area (Å²) in [6.07, 6.45) is 0.815. The van der Waals surface area contributed by atoms with Crippen molar-refractivity contribution in [1.29, 1.82) is 0 Å². The van der Waals surface area contributed by atoms with Crippen molar-refractivity contribution in [3.8, 4) is 5.75 Å². The number of thiazole rings is 1. The number of carbonyl (C=O) groups is 1. The average molecular weight is 352 g/mol. The second-order valence-electron chi connectivity index (χ2n) is 5.54. The van der Waals surface area contributed by atoms with E-state index in [2.05, 4.69) is 22.4 Å². The maximum Gasteiger partial charge on any atom is 0.251 e. The lowest BCUT2D eigenvalue weighted by molar-refractivity contribution is 0.0950. The van der Waals surface area contributed by atoms with Crippen LogP contribution in [-0.4, -0.2) is 17.5 Å². The molecule has 3 aromatic rings. The van der Waals surface area contributed by atoms with Crippen LogP contribution in [0.5, 0.6) is 5.75 Å². The second-order valence-corrected chi connectivity index (χ2v) is 6.48. The molecule has 0 atom stereocenters. The van der Waals surface area contributed by atoms with Crippen LogP contribution >= 0.6 is 11.3 Å². The zero-order valence-corrected chi connectivity index (χ0v) is 14.9. The molecule has 1 heterocycles. The summed E-state index contributed by atoms with van der Waals surface area (Å²) in [7, 11) is 0. The number of benzene rings is 2. The topological polar surface area (TPSA) is 51.2 Å². The Labute approximate surface area is 151 Å². The van der Waals surface area contributed by atoms with E-state index in [0.29, 0.717) is 24.5 Å². The third kappa shape index (κ3) is 4.90. The Morgan fingerprint density at radius 3 is 2.80 bits per heavy atom. The van der Waals surface area contributed by atoms with Gasteiger partial charge in [0.2, 0.25) is 0 Å². The van der Waals surface area contributed by atoms with E-state index < -0.39 is 0 Å². The Bertz CT molecular complexity index is 830. The van der Waals surface area contributed by atoms with Gasteiger partial charge in [0.05, 0.1) is 23.9 Å². The Kier molecular flexibility index (Phi) is 5.80. The average Bonchev–Trinajstić information content (AvgIpc) is 3.08. The highest BCUT2D eigenvalue weighted by atomic mass is 32.1. The third-order valence-electron chi connectivity index (χ3n) is 3.63. The first-order chi connectivity index (χ1) is 12.2. The largest absolute Gasteiger partial charge is 0.494 e. The molecule has 3 rings (SSSR count). The number of aromatic nitrogens is 1. The van der Waals surface area contributed by atoms with Crippen molar-refractivity contribution in [2.24, 2.45) is 0 Å². The van der Waals surface area contributed by atoms with Crippen LogP contribution in [-0.2, 0) is 13.0 Å². The highest BCUT2D eigenvalue weighted by molar-refractivity contribution is 7.09. The molecule has 0 fully saturated rings. The lowest BCUT2D eigenvalue weighted by Gasteiger charge is -2.06. The van der Waals surface area contributed by atoms with Gasteiger partial charge in [-0.2, -0.15) is 0 Å². The molecule has 0 saturated carbocycles. The van der Waals surface area contributed by atoms with Gasteiger partial charge in [0.1, 0.15) is 5.75 Å². The van der Waals surface area contributed by atoms with E-state index >= 15 is 0 Å². The van der Waals surface area contributed by atoms with Gasteiger partial charge < -0.3 is 10.1 Å². The SMILES string of the molecule is CCOc1cccc(C(=O)NCc2csc(Cc3ccccc3)n2)c1. The number of ether oxygens (including phenoxy) is 1. The van der Waals surface area contributed by atoms with Gasteiger partial charge in [-0.05, 0) is 30.7 Å². The molecule has 0 bridgehead atoms. The summed E-state index contributed by atoms with van der Waals surface area (Å²) in [6.45, 7) is 2.92. The van der Waals surface area contributed by atoms with Crippen LogP contribution in [0.2, 0.25) is 0 Å². The van der Waals surface area contributed by atoms with Crippen LogP contribution in [0.3, 0.4) is 0 Å². The van der Waals surface area contributed by atoms with Gasteiger partial charge in [0, 0.05) is 17.4 Å². The fraction of sp³-hybridized carbons (Fsp3) is 0.200. The summed E-state index contributed by atoms with van der Waals surface area (Å²) >= 11 is 1.62. The monoisotopic (exact) mass is 352 g/mol. The van der Waals surface area contributed by atoms with Gasteiger partial charge in [0.25, 0.3) is 5.91 Å². The van der Waals surface area contributed by atoms with Crippen LogP contribution in [0.25, 0.3) is 0 Å². The van der Waals surface area contributed by atoms with Gasteiger partial charge in [-0.25, -0.2) is 4.98 Å². The number of hydrogen-bond acceptors (Lipinski definition) is 4. The first-order valence-corrected chi connectivity index (χ1v) is 9.11. The number of carbonyl (C=O) groups excluding carboxylic acids is 1. The van der Waals surface area contributed by atoms with Gasteiger partial charge in [0.15, 0.2) is 0 Å². The van der Waals surface area contributed by atoms with E-state index in [9.17, 15) is 4.79 Å². The summed E-state index contributed by atoms with van der Waals surface area (Å²) in [5.74, 6) is 0.577. The standard InChI is InChI=1S/C20H20N2O2S/c1-2-24-18-10-6-9-16(12-18)20(23)21-13-17-14-25-19(22-17)11-15-7-4-3-5-8-15/h3-10,12,14H,2,11,13H2,1H3,(H,21,23). The Morgan fingerprint density at radius 1 is 1.16 bits per heavy atom. The molecule has 0 unspecified atom stereocenters. The van der Waals surface area contributed by atoms with Crippen LogP contribution in [0.15, 0.2) is 60.0 Å². The van der Waals surface area contributed by atoms with Crippen molar-refractivity contribution in [3.05, 3.63) is 81.8 Å². The van der Waals surface area contributed by atoms with Crippen molar-refractivity contribution in [2.75, 3.05) is 6.61 Å². The van der Waals surface area contributed by atoms with Gasteiger partial charge >= 0.3 is 0 Å². The highest BCUT2D eigenvalue weighted by Gasteiger charge is 2.08. The molecular weight excluding hydrogens is 332 g/mol. The number of nitrogens with one attached hydrogen (secondary N) is 1. The minimum atomic E-state index is -0.126. The molecule has 0 aliphatic heterocycles. The molecular formula is C20H20N2O2S. The summed E-state index contributed by atoms with van der Waals surface area (Å²) in [5.41, 5.74) is 2.70. The lowest BCUT2D eigenvalue weighted by atomic mass is 10.2. The molecule has 2 aromatic carbocycles. The molecule has 1 N–H and O–H groups in total. The Hall–Kier alpha value is -2.66. The molecule has 4 nitrogen and oxygen atoms in total. The molecule has 25 heavy (non-hydrogen) atoms. The molecule has 1 amide bonds. The second kappa shape index (κ2) is 8.44. The molecule has 0 aliphatic rings. The Morgan fingerprint density at radius 2 is 2.00 bits per heavy atom. The van der Waals surface area contributed by atoms with Crippen molar-refractivity contribution in [3.63, 3.8) is 0 Å². The summed E-state index contributed by atoms with van der Waals surface area (Å²) in [4.78, 5) is 16.9. The number of hydrogen-bond donors (Lipinski definition) is 1. The molecule has 0 spiro atoms. The first kappa shape index (κ1) is 17.2. The predicted molar refractivity (Wildman–Crippen MR) is 100 cm³/mol. The molecule has 0 radical (unpaired) electrons. The molecule has 128 valence electrons. The van der Waals surface area contributed by atoms with Gasteiger partial charge in [-0.3, -0.25) is 4.79 Å². The number of rotatable bonds is 7. The predicted octanol–water partition coefficient (Wildman–Crippen LogP) is 4.06. The highest BCUT2D eigenvalue weighted by Crippen LogP contribution is 2.16. The Balaban J connectivity index is 1.56. The molecule has 0 aliphatic carbocycles. The summed E-state index contributed by atoms with van der Waals surface area (Å²) < 4.78 is 5.43. The molecule has 1 aromatic heterocycles. The van der Waals surface area contributed by atoms with Crippen LogP contribution in [0, 0.1) is 0 Å². The zero-order valence-electron chi connectivity index (χ0n) is 14.1. The fourth-order valence-electron chi connectivity index (χ4n) is 2.45. The third-order valence-corrected chi connectivity index (χ3v) is 4.53. The van der Waals surface area contributed by atoms with Crippen molar-refractivity contribution >= 4 is 17.2 Å². The maximum absolute atomic E-state index is 12.3. The van der Waals surface area contributed by atoms with Crippen LogP contribution in [0.4, 0.5) is 0 Å². The minimum Gasteiger partial charge on any atom is -0.494 e. The van der Waals surface area contributed by atoms with Crippen LogP contribution in [0.1, 0.15) is 33.5 Å². The van der Waals surface area contributed by atoms with E-state index in [-0.39, 0.29) is 5.91 Å². The number of nitrogens with zero attached hydrogens (tertiary/aromatic N) is 1. The zero-order chi connectivity index (χ0) is 17.5. The normalized spacial score (nSPS) is 10.4. The fourth-order valence-corrected chi connectivity index (χ4v) is 3.28. The smallest absolute Gasteiger partial charge is 0.251 e. The van der Waals surface area contributed by atoms with Crippen molar-refractivity contribution < 1.29 is 9.53 Å². The van der Waals surface area contributed by atoms with E-state index in [0.717, 1.165) is 17.1 Å².